The molecule has 1 fully saturated rings. The van der Waals surface area contributed by atoms with E-state index in [0.717, 1.165) is 37.6 Å². The van der Waals surface area contributed by atoms with Gasteiger partial charge in [0, 0.05) is 39.9 Å². The Kier molecular flexibility index (Phi) is 7.61. The lowest BCUT2D eigenvalue weighted by Gasteiger charge is -2.18. The van der Waals surface area contributed by atoms with Crippen molar-refractivity contribution >= 4 is 0 Å². The number of hydrogen-bond acceptors (Lipinski definition) is 6. The van der Waals surface area contributed by atoms with Crippen LogP contribution in [0.15, 0.2) is 18.2 Å². The molecule has 0 aliphatic carbocycles. The number of nitrogens with zero attached hydrogens (tertiary/aromatic N) is 1. The van der Waals surface area contributed by atoms with Crippen LogP contribution >= 0.6 is 0 Å². The molecule has 0 spiro atoms. The average Bonchev–Trinajstić information content (AvgIpc) is 2.95. The number of ether oxygens (including phenoxy) is 4. The van der Waals surface area contributed by atoms with E-state index in [1.54, 1.807) is 14.2 Å². The Labute approximate surface area is 138 Å². The van der Waals surface area contributed by atoms with Crippen LogP contribution in [0.3, 0.4) is 0 Å². The first kappa shape index (κ1) is 18.0. The van der Waals surface area contributed by atoms with Crippen molar-refractivity contribution < 1.29 is 18.9 Å². The molecule has 1 aliphatic heterocycles. The summed E-state index contributed by atoms with van der Waals surface area (Å²) in [4.78, 5) is 2.37. The molecule has 0 saturated carbocycles. The first-order chi connectivity index (χ1) is 11.2. The highest BCUT2D eigenvalue weighted by Crippen LogP contribution is 2.29. The maximum absolute atomic E-state index is 5.97. The van der Waals surface area contributed by atoms with Gasteiger partial charge >= 0.3 is 0 Å². The number of methoxy groups -OCH3 is 2. The maximum atomic E-state index is 5.97. The van der Waals surface area contributed by atoms with Gasteiger partial charge < -0.3 is 24.7 Å². The van der Waals surface area contributed by atoms with Gasteiger partial charge in [-0.3, -0.25) is 4.90 Å². The number of hydrogen-bond donors (Lipinski definition) is 1. The Bertz CT molecular complexity index is 470. The van der Waals surface area contributed by atoms with Gasteiger partial charge in [0.1, 0.15) is 13.2 Å². The van der Waals surface area contributed by atoms with Gasteiger partial charge in [0.05, 0.1) is 13.2 Å². The molecule has 1 atom stereocenters. The van der Waals surface area contributed by atoms with Crippen molar-refractivity contribution in [2.24, 2.45) is 5.73 Å². The van der Waals surface area contributed by atoms with Crippen molar-refractivity contribution in [2.75, 3.05) is 53.7 Å². The predicted molar refractivity (Wildman–Crippen MR) is 89.1 cm³/mol. The molecule has 23 heavy (non-hydrogen) atoms. The largest absolute Gasteiger partial charge is 0.487 e. The van der Waals surface area contributed by atoms with Gasteiger partial charge in [-0.05, 0) is 24.1 Å². The molecule has 2 rings (SSSR count). The third kappa shape index (κ3) is 5.99. The summed E-state index contributed by atoms with van der Waals surface area (Å²) in [5.74, 6) is 1.49. The third-order valence-corrected chi connectivity index (χ3v) is 3.81. The van der Waals surface area contributed by atoms with Crippen LogP contribution in [0.5, 0.6) is 11.5 Å². The van der Waals surface area contributed by atoms with Gasteiger partial charge in [0.2, 0.25) is 0 Å². The van der Waals surface area contributed by atoms with E-state index < -0.39 is 0 Å². The summed E-state index contributed by atoms with van der Waals surface area (Å²) in [6.07, 6.45) is 1.06. The Morgan fingerprint density at radius 1 is 1.04 bits per heavy atom. The van der Waals surface area contributed by atoms with Crippen LogP contribution in [0.25, 0.3) is 0 Å². The van der Waals surface area contributed by atoms with Crippen molar-refractivity contribution in [2.45, 2.75) is 19.0 Å². The zero-order chi connectivity index (χ0) is 16.5. The molecule has 130 valence electrons. The normalized spacial score (nSPS) is 18.3. The number of nitrogens with two attached hydrogens (primary N) is 1. The fourth-order valence-corrected chi connectivity index (χ4v) is 2.62. The van der Waals surface area contributed by atoms with Gasteiger partial charge in [0.25, 0.3) is 0 Å². The molecule has 6 nitrogen and oxygen atoms in total. The summed E-state index contributed by atoms with van der Waals surface area (Å²) in [7, 11) is 3.32. The summed E-state index contributed by atoms with van der Waals surface area (Å²) in [6.45, 7) is 4.96. The number of benzene rings is 1. The molecule has 0 aromatic heterocycles. The smallest absolute Gasteiger partial charge is 0.161 e. The van der Waals surface area contributed by atoms with Gasteiger partial charge in [-0.15, -0.1) is 0 Å². The van der Waals surface area contributed by atoms with Gasteiger partial charge in [-0.25, -0.2) is 0 Å². The summed E-state index contributed by atoms with van der Waals surface area (Å²) in [6, 6.07) is 6.38. The Hall–Kier alpha value is -1.34. The minimum atomic E-state index is 0.295. The van der Waals surface area contributed by atoms with Crippen molar-refractivity contribution in [1.82, 2.24) is 4.90 Å². The van der Waals surface area contributed by atoms with E-state index in [1.165, 1.54) is 5.56 Å². The van der Waals surface area contributed by atoms with Crippen LogP contribution in [0, 0.1) is 0 Å². The molecule has 0 bridgehead atoms. The van der Waals surface area contributed by atoms with E-state index in [-0.39, 0.29) is 0 Å². The van der Waals surface area contributed by atoms with Crippen molar-refractivity contribution in [3.05, 3.63) is 23.8 Å². The molecular weight excluding hydrogens is 296 g/mol. The summed E-state index contributed by atoms with van der Waals surface area (Å²) < 4.78 is 21.6. The van der Waals surface area contributed by atoms with Crippen LogP contribution in [0.2, 0.25) is 0 Å². The minimum absolute atomic E-state index is 0.295. The molecule has 1 aliphatic rings. The second-order valence-corrected chi connectivity index (χ2v) is 5.75. The average molecular weight is 324 g/mol. The zero-order valence-corrected chi connectivity index (χ0v) is 14.1. The molecule has 1 saturated heterocycles. The minimum Gasteiger partial charge on any atom is -0.487 e. The summed E-state index contributed by atoms with van der Waals surface area (Å²) in [5, 5.41) is 0. The molecule has 1 unspecified atom stereocenters. The van der Waals surface area contributed by atoms with Crippen LogP contribution in [-0.4, -0.2) is 64.7 Å². The Morgan fingerprint density at radius 2 is 1.74 bits per heavy atom. The van der Waals surface area contributed by atoms with Crippen molar-refractivity contribution in [1.29, 1.82) is 0 Å². The molecule has 6 heteroatoms. The maximum Gasteiger partial charge on any atom is 0.161 e. The highest BCUT2D eigenvalue weighted by Gasteiger charge is 2.19. The monoisotopic (exact) mass is 324 g/mol. The van der Waals surface area contributed by atoms with Crippen molar-refractivity contribution in [3.8, 4) is 11.5 Å². The standard InChI is InChI=1S/C17H28N2O4/c1-20-7-9-22-16-4-3-14(11-17(16)23-10-8-21-2)12-19-6-5-15(18)13-19/h3-4,11,15H,5-10,12-13,18H2,1-2H3. The first-order valence-electron chi connectivity index (χ1n) is 8.07. The van der Waals surface area contributed by atoms with E-state index in [4.69, 9.17) is 24.7 Å². The lowest BCUT2D eigenvalue weighted by molar-refractivity contribution is 0.132. The second-order valence-electron chi connectivity index (χ2n) is 5.75. The SMILES string of the molecule is COCCOc1ccc(CN2CCC(N)C2)cc1OCCOC. The molecule has 2 N–H and O–H groups in total. The van der Waals surface area contributed by atoms with Gasteiger partial charge in [0.15, 0.2) is 11.5 Å². The molecule has 0 radical (unpaired) electrons. The molecular formula is C17H28N2O4. The lowest BCUT2D eigenvalue weighted by Crippen LogP contribution is -2.26. The topological polar surface area (TPSA) is 66.2 Å². The van der Waals surface area contributed by atoms with E-state index in [9.17, 15) is 0 Å². The predicted octanol–water partition coefficient (Wildman–Crippen LogP) is 1.27. The molecule has 1 aromatic carbocycles. The van der Waals surface area contributed by atoms with Crippen LogP contribution < -0.4 is 15.2 Å². The van der Waals surface area contributed by atoms with E-state index in [1.807, 2.05) is 12.1 Å². The summed E-state index contributed by atoms with van der Waals surface area (Å²) >= 11 is 0. The van der Waals surface area contributed by atoms with Crippen LogP contribution in [0.4, 0.5) is 0 Å². The fraction of sp³-hybridized carbons (Fsp3) is 0.647. The molecule has 0 amide bonds. The molecule has 1 aromatic rings. The first-order valence-corrected chi connectivity index (χ1v) is 8.07. The van der Waals surface area contributed by atoms with E-state index in [2.05, 4.69) is 11.0 Å². The Balaban J connectivity index is 2.00. The zero-order valence-electron chi connectivity index (χ0n) is 14.1. The third-order valence-electron chi connectivity index (χ3n) is 3.81. The number of likely N-dealkylation sites (tertiary alicyclic amines) is 1. The lowest BCUT2D eigenvalue weighted by atomic mass is 10.2. The van der Waals surface area contributed by atoms with Crippen molar-refractivity contribution in [3.63, 3.8) is 0 Å². The quantitative estimate of drug-likeness (QED) is 0.654. The van der Waals surface area contributed by atoms with Gasteiger partial charge in [-0.1, -0.05) is 6.07 Å². The molecule has 1 heterocycles. The highest BCUT2D eigenvalue weighted by atomic mass is 16.5. The Morgan fingerprint density at radius 3 is 2.35 bits per heavy atom. The van der Waals surface area contributed by atoms with E-state index in [0.29, 0.717) is 32.5 Å². The van der Waals surface area contributed by atoms with E-state index >= 15 is 0 Å². The van der Waals surface area contributed by atoms with Crippen LogP contribution in [0.1, 0.15) is 12.0 Å². The summed E-state index contributed by atoms with van der Waals surface area (Å²) in [5.41, 5.74) is 7.17. The highest BCUT2D eigenvalue weighted by molar-refractivity contribution is 5.43. The fourth-order valence-electron chi connectivity index (χ4n) is 2.62. The van der Waals surface area contributed by atoms with Crippen LogP contribution in [-0.2, 0) is 16.0 Å². The second kappa shape index (κ2) is 9.72. The van der Waals surface area contributed by atoms with Gasteiger partial charge in [-0.2, -0.15) is 0 Å². The number of rotatable bonds is 10.